The molecular weight excluding hydrogens is 339 g/mol. The predicted molar refractivity (Wildman–Crippen MR) is 92.2 cm³/mol. The van der Waals surface area contributed by atoms with E-state index in [4.69, 9.17) is 0 Å². The number of likely N-dealkylation sites (tertiary alicyclic amines) is 1. The summed E-state index contributed by atoms with van der Waals surface area (Å²) in [7, 11) is 0. The zero-order valence-electron chi connectivity index (χ0n) is 12.8. The van der Waals surface area contributed by atoms with Gasteiger partial charge >= 0.3 is 0 Å². The highest BCUT2D eigenvalue weighted by molar-refractivity contribution is 5.92. The first-order valence-electron chi connectivity index (χ1n) is 7.46. The molecule has 0 radical (unpaired) electrons. The van der Waals surface area contributed by atoms with Crippen molar-refractivity contribution in [1.82, 2.24) is 20.1 Å². The van der Waals surface area contributed by atoms with E-state index >= 15 is 0 Å². The summed E-state index contributed by atoms with van der Waals surface area (Å²) in [6, 6.07) is 5.50. The Bertz CT molecular complexity index is 529. The number of hydrogen-bond acceptors (Lipinski definition) is 4. The average molecular weight is 361 g/mol. The maximum Gasteiger partial charge on any atom is 0.272 e. The molecule has 3 rings (SSSR count). The summed E-state index contributed by atoms with van der Waals surface area (Å²) in [5.41, 5.74) is 0.477. The first-order chi connectivity index (χ1) is 10.3. The molecule has 128 valence electrons. The van der Waals surface area contributed by atoms with E-state index in [0.717, 1.165) is 32.5 Å². The first kappa shape index (κ1) is 19.7. The Morgan fingerprint density at radius 3 is 2.78 bits per heavy atom. The van der Waals surface area contributed by atoms with E-state index < -0.39 is 0 Å². The fourth-order valence-corrected chi connectivity index (χ4v) is 3.05. The molecule has 3 heterocycles. The van der Waals surface area contributed by atoms with Crippen molar-refractivity contribution in [3.63, 3.8) is 0 Å². The van der Waals surface area contributed by atoms with E-state index in [1.165, 1.54) is 0 Å². The third-order valence-electron chi connectivity index (χ3n) is 4.13. The van der Waals surface area contributed by atoms with Crippen molar-refractivity contribution >= 4 is 36.6 Å². The van der Waals surface area contributed by atoms with E-state index in [2.05, 4.69) is 10.3 Å². The van der Waals surface area contributed by atoms with Crippen molar-refractivity contribution in [3.05, 3.63) is 30.1 Å². The minimum atomic E-state index is -0.0390. The molecule has 1 N–H and O–H groups in total. The van der Waals surface area contributed by atoms with Gasteiger partial charge in [0.1, 0.15) is 5.69 Å². The Labute approximate surface area is 148 Å². The lowest BCUT2D eigenvalue weighted by atomic mass is 10.0. The topological polar surface area (TPSA) is 65.5 Å². The number of halogens is 2. The highest BCUT2D eigenvalue weighted by atomic mass is 35.5. The summed E-state index contributed by atoms with van der Waals surface area (Å²) in [5, 5.41) is 3.08. The van der Waals surface area contributed by atoms with Gasteiger partial charge < -0.3 is 15.1 Å². The molecule has 2 saturated heterocycles. The van der Waals surface area contributed by atoms with E-state index in [-0.39, 0.29) is 42.7 Å². The van der Waals surface area contributed by atoms with E-state index in [1.807, 2.05) is 15.9 Å². The van der Waals surface area contributed by atoms with Gasteiger partial charge in [-0.25, -0.2) is 0 Å². The van der Waals surface area contributed by atoms with Gasteiger partial charge in [-0.2, -0.15) is 0 Å². The Balaban J connectivity index is 0.00000132. The van der Waals surface area contributed by atoms with Crippen molar-refractivity contribution in [2.75, 3.05) is 32.7 Å². The Morgan fingerprint density at radius 1 is 1.26 bits per heavy atom. The van der Waals surface area contributed by atoms with Gasteiger partial charge in [0.2, 0.25) is 5.91 Å². The molecule has 0 aromatic carbocycles. The monoisotopic (exact) mass is 360 g/mol. The van der Waals surface area contributed by atoms with Gasteiger partial charge in [-0.05, 0) is 25.0 Å². The summed E-state index contributed by atoms with van der Waals surface area (Å²) in [5.74, 6) is 0.0984. The summed E-state index contributed by atoms with van der Waals surface area (Å²) >= 11 is 0. The van der Waals surface area contributed by atoms with Crippen molar-refractivity contribution in [1.29, 1.82) is 0 Å². The van der Waals surface area contributed by atoms with Crippen molar-refractivity contribution in [2.24, 2.45) is 0 Å². The lowest BCUT2D eigenvalue weighted by Gasteiger charge is -2.41. The van der Waals surface area contributed by atoms with Crippen molar-refractivity contribution in [2.45, 2.75) is 18.9 Å². The van der Waals surface area contributed by atoms with Crippen LogP contribution in [0.2, 0.25) is 0 Å². The SMILES string of the molecule is Cl.Cl.O=C(c1ccccn1)N1CCCC(N2CCNCC2=O)C1. The summed E-state index contributed by atoms with van der Waals surface area (Å²) < 4.78 is 0. The van der Waals surface area contributed by atoms with Crippen LogP contribution in [0.5, 0.6) is 0 Å². The lowest BCUT2D eigenvalue weighted by Crippen LogP contribution is -2.57. The van der Waals surface area contributed by atoms with Crippen molar-refractivity contribution in [3.8, 4) is 0 Å². The molecule has 1 atom stereocenters. The van der Waals surface area contributed by atoms with Crippen LogP contribution in [0.4, 0.5) is 0 Å². The molecule has 1 aromatic rings. The quantitative estimate of drug-likeness (QED) is 0.852. The Kier molecular flexibility index (Phi) is 7.75. The zero-order chi connectivity index (χ0) is 14.7. The number of aromatic nitrogens is 1. The molecule has 2 aliphatic rings. The third-order valence-corrected chi connectivity index (χ3v) is 4.13. The number of piperidine rings is 1. The van der Waals surface area contributed by atoms with Crippen LogP contribution >= 0.6 is 24.8 Å². The second-order valence-electron chi connectivity index (χ2n) is 5.53. The molecule has 2 aliphatic heterocycles. The number of nitrogens with zero attached hydrogens (tertiary/aromatic N) is 3. The highest BCUT2D eigenvalue weighted by Gasteiger charge is 2.32. The smallest absolute Gasteiger partial charge is 0.272 e. The van der Waals surface area contributed by atoms with Crippen LogP contribution < -0.4 is 5.32 Å². The number of hydrogen-bond donors (Lipinski definition) is 1. The summed E-state index contributed by atoms with van der Waals surface area (Å²) in [6.45, 7) is 3.32. The highest BCUT2D eigenvalue weighted by Crippen LogP contribution is 2.18. The van der Waals surface area contributed by atoms with E-state index in [0.29, 0.717) is 18.8 Å². The standard InChI is InChI=1S/C15H20N4O2.2ClH/c20-14-10-16-7-9-19(14)12-4-3-8-18(11-12)15(21)13-5-1-2-6-17-13;;/h1-2,5-6,12,16H,3-4,7-11H2;2*1H. The zero-order valence-corrected chi connectivity index (χ0v) is 14.4. The number of carbonyl (C=O) groups is 2. The van der Waals surface area contributed by atoms with Crippen LogP contribution in [0, 0.1) is 0 Å². The van der Waals surface area contributed by atoms with Gasteiger partial charge in [0.05, 0.1) is 6.54 Å². The number of carbonyl (C=O) groups excluding carboxylic acids is 2. The molecule has 8 heteroatoms. The molecule has 2 amide bonds. The number of nitrogens with one attached hydrogen (secondary N) is 1. The van der Waals surface area contributed by atoms with Gasteiger partial charge in [-0.15, -0.1) is 24.8 Å². The third kappa shape index (κ3) is 4.56. The number of rotatable bonds is 2. The molecule has 0 spiro atoms. The minimum absolute atomic E-state index is 0. The normalized spacial score (nSPS) is 21.2. The van der Waals surface area contributed by atoms with Gasteiger partial charge in [-0.3, -0.25) is 14.6 Å². The summed E-state index contributed by atoms with van der Waals surface area (Å²) in [4.78, 5) is 32.3. The molecule has 23 heavy (non-hydrogen) atoms. The fourth-order valence-electron chi connectivity index (χ4n) is 3.05. The molecular formula is C15H22Cl2N4O2. The number of pyridine rings is 1. The second-order valence-corrected chi connectivity index (χ2v) is 5.53. The van der Waals surface area contributed by atoms with Gasteiger partial charge in [0, 0.05) is 38.4 Å². The van der Waals surface area contributed by atoms with Crippen LogP contribution in [-0.4, -0.2) is 65.4 Å². The number of piperazine rings is 1. The number of amides is 2. The molecule has 0 bridgehead atoms. The maximum atomic E-state index is 12.5. The lowest BCUT2D eigenvalue weighted by molar-refractivity contribution is -0.135. The van der Waals surface area contributed by atoms with Gasteiger partial charge in [-0.1, -0.05) is 6.07 Å². The molecule has 0 saturated carbocycles. The van der Waals surface area contributed by atoms with Crippen LogP contribution in [0.1, 0.15) is 23.3 Å². The van der Waals surface area contributed by atoms with Gasteiger partial charge in [0.25, 0.3) is 5.91 Å². The van der Waals surface area contributed by atoms with Crippen molar-refractivity contribution < 1.29 is 9.59 Å². The second kappa shape index (κ2) is 9.05. The fraction of sp³-hybridized carbons (Fsp3) is 0.533. The molecule has 0 aliphatic carbocycles. The van der Waals surface area contributed by atoms with Crippen LogP contribution in [-0.2, 0) is 4.79 Å². The Hall–Kier alpha value is -1.37. The molecule has 2 fully saturated rings. The van der Waals surface area contributed by atoms with E-state index in [9.17, 15) is 9.59 Å². The minimum Gasteiger partial charge on any atom is -0.336 e. The first-order valence-corrected chi connectivity index (χ1v) is 7.46. The van der Waals surface area contributed by atoms with E-state index in [1.54, 1.807) is 18.3 Å². The summed E-state index contributed by atoms with van der Waals surface area (Å²) in [6.07, 6.45) is 3.53. The predicted octanol–water partition coefficient (Wildman–Crippen LogP) is 0.962. The average Bonchev–Trinajstić information content (AvgIpc) is 2.55. The Morgan fingerprint density at radius 2 is 2.09 bits per heavy atom. The molecule has 6 nitrogen and oxygen atoms in total. The van der Waals surface area contributed by atoms with Gasteiger partial charge in [0.15, 0.2) is 0 Å². The largest absolute Gasteiger partial charge is 0.336 e. The molecule has 1 aromatic heterocycles. The van der Waals surface area contributed by atoms with Crippen LogP contribution in [0.3, 0.4) is 0 Å². The molecule has 1 unspecified atom stereocenters. The van der Waals surface area contributed by atoms with Crippen LogP contribution in [0.25, 0.3) is 0 Å². The van der Waals surface area contributed by atoms with Crippen LogP contribution in [0.15, 0.2) is 24.4 Å². The maximum absolute atomic E-state index is 12.5.